The van der Waals surface area contributed by atoms with Gasteiger partial charge in [0, 0.05) is 19.3 Å². The van der Waals surface area contributed by atoms with Crippen molar-refractivity contribution in [2.75, 3.05) is 13.2 Å². The van der Waals surface area contributed by atoms with Crippen molar-refractivity contribution in [1.82, 2.24) is 0 Å². The molecule has 0 radical (unpaired) electrons. The standard InChI is InChI=1S/C67H96O6/c1-4-7-10-13-16-19-22-25-28-31-33-36-39-42-45-48-51-54-57-60-66(69)72-63-64(62-71-65(68)59-56-53-50-47-44-41-38-35-30-27-24-21-18-15-12-9-6-3)73-67(70)61-58-55-52-49-46-43-40-37-34-32-29-26-23-20-17-14-11-8-5-2/h7-13,16-22,25-31,33-34,36-39,41-43,45-47,50,64H,4-6,14-15,23-24,32,35,40,44,48-49,51-63H2,1-3H3/b10-7-,11-8-,12-9-,16-13-,20-17-,21-18-,22-19-,28-25-,29-26-,30-27-,33-31+,37-34-,39-36-,41-38-,45-42-,46-43-,50-47-. The zero-order chi connectivity index (χ0) is 52.9. The molecule has 0 aromatic heterocycles. The molecule has 6 nitrogen and oxygen atoms in total. The number of carbonyl (C=O) groups excluding carboxylic acids is 3. The quantitative estimate of drug-likeness (QED) is 0.0199. The molecule has 0 amide bonds. The molecule has 0 saturated carbocycles. The van der Waals surface area contributed by atoms with E-state index in [1.165, 1.54) is 0 Å². The number of ether oxygens (including phenoxy) is 3. The van der Waals surface area contributed by atoms with Gasteiger partial charge in [-0.05, 0) is 122 Å². The average Bonchev–Trinajstić information content (AvgIpc) is 3.39. The lowest BCUT2D eigenvalue weighted by Crippen LogP contribution is -2.30. The Morgan fingerprint density at radius 2 is 0.575 bits per heavy atom. The average molecular weight is 997 g/mol. The van der Waals surface area contributed by atoms with Gasteiger partial charge in [-0.2, -0.15) is 0 Å². The normalized spacial score (nSPS) is 13.7. The number of hydrogen-bond acceptors (Lipinski definition) is 6. The second-order valence-electron chi connectivity index (χ2n) is 17.2. The molecule has 0 saturated heterocycles. The highest BCUT2D eigenvalue weighted by atomic mass is 16.6. The molecule has 0 aromatic rings. The van der Waals surface area contributed by atoms with Crippen molar-refractivity contribution in [3.05, 3.63) is 207 Å². The molecule has 0 rings (SSSR count). The van der Waals surface area contributed by atoms with Gasteiger partial charge in [-0.25, -0.2) is 0 Å². The van der Waals surface area contributed by atoms with E-state index in [-0.39, 0.29) is 50.4 Å². The van der Waals surface area contributed by atoms with Gasteiger partial charge in [0.1, 0.15) is 13.2 Å². The summed E-state index contributed by atoms with van der Waals surface area (Å²) in [7, 11) is 0. The largest absolute Gasteiger partial charge is 0.462 e. The molecule has 0 bridgehead atoms. The van der Waals surface area contributed by atoms with Gasteiger partial charge >= 0.3 is 17.9 Å². The second-order valence-corrected chi connectivity index (χ2v) is 17.2. The molecular formula is C67H96O6. The molecule has 1 unspecified atom stereocenters. The number of rotatable bonds is 46. The molecule has 0 fully saturated rings. The molecule has 73 heavy (non-hydrogen) atoms. The van der Waals surface area contributed by atoms with Crippen molar-refractivity contribution in [2.45, 2.75) is 181 Å². The summed E-state index contributed by atoms with van der Waals surface area (Å²) in [5.74, 6) is -1.10. The minimum atomic E-state index is -0.853. The first-order valence-electron chi connectivity index (χ1n) is 27.7. The molecule has 0 aromatic carbocycles. The zero-order valence-electron chi connectivity index (χ0n) is 45.5. The summed E-state index contributed by atoms with van der Waals surface area (Å²) >= 11 is 0. The van der Waals surface area contributed by atoms with Gasteiger partial charge in [0.15, 0.2) is 6.10 Å². The Bertz CT molecular complexity index is 1860. The number of carbonyl (C=O) groups is 3. The van der Waals surface area contributed by atoms with Crippen molar-refractivity contribution in [3.63, 3.8) is 0 Å². The fraction of sp³-hybridized carbons (Fsp3) is 0.448. The predicted octanol–water partition coefficient (Wildman–Crippen LogP) is 18.9. The molecule has 1 atom stereocenters. The number of esters is 3. The molecule has 6 heteroatoms. The Kier molecular flexibility index (Phi) is 53.7. The van der Waals surface area contributed by atoms with Crippen LogP contribution in [0.3, 0.4) is 0 Å². The third kappa shape index (κ3) is 56.8. The number of unbranched alkanes of at least 4 members (excludes halogenated alkanes) is 7. The van der Waals surface area contributed by atoms with E-state index in [0.29, 0.717) is 19.3 Å². The van der Waals surface area contributed by atoms with Crippen LogP contribution < -0.4 is 0 Å². The van der Waals surface area contributed by atoms with Crippen LogP contribution in [-0.4, -0.2) is 37.2 Å². The summed E-state index contributed by atoms with van der Waals surface area (Å²) in [5.41, 5.74) is 0. The number of allylic oxidation sites excluding steroid dienone is 34. The SMILES string of the molecule is CC\C=C/C=C\C=C/C=C\C=C\C=C/C=C\CCCCCC(=O)OCC(COC(=O)CCC/C=C\C/C=C\C/C=C\C/C=C\C/C=C\CC)OC(=O)CCCCC/C=C\C/C=C\C/C=C\C/C=C\C/C=C\CC. The fourth-order valence-electron chi connectivity index (χ4n) is 6.43. The summed E-state index contributed by atoms with van der Waals surface area (Å²) in [6.45, 7) is 6.11. The van der Waals surface area contributed by atoms with Gasteiger partial charge in [0.05, 0.1) is 0 Å². The van der Waals surface area contributed by atoms with Crippen molar-refractivity contribution in [2.24, 2.45) is 0 Å². The summed E-state index contributed by atoms with van der Waals surface area (Å²) in [6.07, 6.45) is 90.9. The molecule has 0 aliphatic carbocycles. The highest BCUT2D eigenvalue weighted by Gasteiger charge is 2.19. The van der Waals surface area contributed by atoms with Crippen molar-refractivity contribution in [1.29, 1.82) is 0 Å². The Balaban J connectivity index is 4.71. The van der Waals surface area contributed by atoms with E-state index >= 15 is 0 Å². The van der Waals surface area contributed by atoms with E-state index in [4.69, 9.17) is 14.2 Å². The third-order valence-electron chi connectivity index (χ3n) is 10.5. The first kappa shape index (κ1) is 67.0. The number of hydrogen-bond donors (Lipinski definition) is 0. The molecule has 0 heterocycles. The van der Waals surface area contributed by atoms with Crippen LogP contribution in [0, 0.1) is 0 Å². The van der Waals surface area contributed by atoms with E-state index in [0.717, 1.165) is 116 Å². The zero-order valence-corrected chi connectivity index (χ0v) is 45.5. The van der Waals surface area contributed by atoms with Crippen molar-refractivity contribution < 1.29 is 28.6 Å². The Hall–Kier alpha value is -6.01. The molecule has 400 valence electrons. The summed E-state index contributed by atoms with van der Waals surface area (Å²) in [5, 5.41) is 0. The van der Waals surface area contributed by atoms with E-state index < -0.39 is 6.10 Å². The van der Waals surface area contributed by atoms with Crippen LogP contribution in [0.2, 0.25) is 0 Å². The van der Waals surface area contributed by atoms with Crippen LogP contribution in [0.15, 0.2) is 207 Å². The van der Waals surface area contributed by atoms with Gasteiger partial charge in [0.2, 0.25) is 0 Å². The van der Waals surface area contributed by atoms with Crippen LogP contribution in [0.25, 0.3) is 0 Å². The van der Waals surface area contributed by atoms with Crippen LogP contribution in [0.1, 0.15) is 175 Å². The maximum atomic E-state index is 12.9. The Morgan fingerprint density at radius 3 is 0.959 bits per heavy atom. The molecular weight excluding hydrogens is 901 g/mol. The van der Waals surface area contributed by atoms with Crippen molar-refractivity contribution >= 4 is 17.9 Å². The Morgan fingerprint density at radius 1 is 0.288 bits per heavy atom. The maximum absolute atomic E-state index is 12.9. The van der Waals surface area contributed by atoms with Crippen LogP contribution >= 0.6 is 0 Å². The van der Waals surface area contributed by atoms with Gasteiger partial charge in [-0.15, -0.1) is 0 Å². The van der Waals surface area contributed by atoms with Gasteiger partial charge < -0.3 is 14.2 Å². The lowest BCUT2D eigenvalue weighted by molar-refractivity contribution is -0.167. The first-order valence-corrected chi connectivity index (χ1v) is 27.7. The summed E-state index contributed by atoms with van der Waals surface area (Å²) < 4.78 is 16.7. The minimum Gasteiger partial charge on any atom is -0.462 e. The predicted molar refractivity (Wildman–Crippen MR) is 315 cm³/mol. The lowest BCUT2D eigenvalue weighted by atomic mass is 10.1. The molecule has 0 spiro atoms. The smallest absolute Gasteiger partial charge is 0.306 e. The summed E-state index contributed by atoms with van der Waals surface area (Å²) in [6, 6.07) is 0. The Labute approximate surface area is 445 Å². The van der Waals surface area contributed by atoms with E-state index in [1.807, 2.05) is 72.9 Å². The third-order valence-corrected chi connectivity index (χ3v) is 10.5. The van der Waals surface area contributed by atoms with Crippen LogP contribution in [0.4, 0.5) is 0 Å². The highest BCUT2D eigenvalue weighted by Crippen LogP contribution is 2.10. The minimum absolute atomic E-state index is 0.147. The highest BCUT2D eigenvalue weighted by molar-refractivity contribution is 5.71. The topological polar surface area (TPSA) is 78.9 Å². The van der Waals surface area contributed by atoms with Crippen molar-refractivity contribution in [3.8, 4) is 0 Å². The van der Waals surface area contributed by atoms with Crippen LogP contribution in [-0.2, 0) is 28.6 Å². The monoisotopic (exact) mass is 997 g/mol. The van der Waals surface area contributed by atoms with Gasteiger partial charge in [-0.3, -0.25) is 14.4 Å². The van der Waals surface area contributed by atoms with Gasteiger partial charge in [0.25, 0.3) is 0 Å². The summed E-state index contributed by atoms with van der Waals surface area (Å²) in [4.78, 5) is 38.1. The second kappa shape index (κ2) is 58.6. The maximum Gasteiger partial charge on any atom is 0.306 e. The van der Waals surface area contributed by atoms with Crippen LogP contribution in [0.5, 0.6) is 0 Å². The van der Waals surface area contributed by atoms with E-state index in [9.17, 15) is 14.4 Å². The van der Waals surface area contributed by atoms with Gasteiger partial charge in [-0.1, -0.05) is 240 Å². The fourth-order valence-corrected chi connectivity index (χ4v) is 6.43. The van der Waals surface area contributed by atoms with E-state index in [2.05, 4.69) is 154 Å². The first-order chi connectivity index (χ1) is 36.0. The molecule has 0 aliphatic heterocycles. The van der Waals surface area contributed by atoms with E-state index in [1.54, 1.807) is 0 Å². The lowest BCUT2D eigenvalue weighted by Gasteiger charge is -2.18. The molecule has 0 aliphatic rings. The molecule has 0 N–H and O–H groups in total.